The van der Waals surface area contributed by atoms with E-state index in [1.54, 1.807) is 23.9 Å². The van der Waals surface area contributed by atoms with Crippen molar-refractivity contribution >= 4 is 17.4 Å². The van der Waals surface area contributed by atoms with E-state index in [1.807, 2.05) is 37.3 Å². The molecule has 5 heteroatoms. The van der Waals surface area contributed by atoms with Crippen molar-refractivity contribution in [2.45, 2.75) is 30.0 Å². The molecule has 0 saturated carbocycles. The first-order chi connectivity index (χ1) is 11.1. The van der Waals surface area contributed by atoms with Gasteiger partial charge in [0, 0.05) is 34.4 Å². The summed E-state index contributed by atoms with van der Waals surface area (Å²) in [5.74, 6) is -0.389. The number of para-hydroxylation sites is 1. The number of hydrogen-bond donors (Lipinski definition) is 1. The van der Waals surface area contributed by atoms with Gasteiger partial charge < -0.3 is 5.32 Å². The fourth-order valence-electron chi connectivity index (χ4n) is 2.05. The number of benzene rings is 2. The van der Waals surface area contributed by atoms with Crippen molar-refractivity contribution in [3.63, 3.8) is 0 Å². The second-order valence-electron chi connectivity index (χ2n) is 5.06. The molecule has 1 N–H and O–H groups in total. The van der Waals surface area contributed by atoms with E-state index in [2.05, 4.69) is 11.4 Å². The van der Waals surface area contributed by atoms with E-state index in [9.17, 15) is 4.39 Å². The summed E-state index contributed by atoms with van der Waals surface area (Å²) in [4.78, 5) is 1.03. The van der Waals surface area contributed by atoms with E-state index in [1.165, 1.54) is 6.07 Å². The molecule has 0 aliphatic heterocycles. The second-order valence-corrected chi connectivity index (χ2v) is 6.54. The van der Waals surface area contributed by atoms with Crippen LogP contribution in [-0.4, -0.2) is 5.25 Å². The fraction of sp³-hybridized carbons (Fsp3) is 0.222. The minimum Gasteiger partial charge on any atom is -0.380 e. The van der Waals surface area contributed by atoms with Gasteiger partial charge in [0.15, 0.2) is 0 Å². The third-order valence-corrected chi connectivity index (χ3v) is 4.42. The third-order valence-electron chi connectivity index (χ3n) is 3.25. The van der Waals surface area contributed by atoms with Gasteiger partial charge in [0.1, 0.15) is 5.82 Å². The molecule has 0 aliphatic carbocycles. The van der Waals surface area contributed by atoms with Gasteiger partial charge >= 0.3 is 0 Å². The molecule has 0 heterocycles. The zero-order valence-electron chi connectivity index (χ0n) is 12.7. The van der Waals surface area contributed by atoms with E-state index >= 15 is 0 Å². The van der Waals surface area contributed by atoms with Crippen LogP contribution >= 0.6 is 11.8 Å². The van der Waals surface area contributed by atoms with Gasteiger partial charge in [0.2, 0.25) is 0 Å². The van der Waals surface area contributed by atoms with Crippen molar-refractivity contribution in [1.29, 1.82) is 10.5 Å². The normalized spacial score (nSPS) is 11.3. The van der Waals surface area contributed by atoms with Gasteiger partial charge in [-0.2, -0.15) is 10.5 Å². The minimum atomic E-state index is -0.389. The van der Waals surface area contributed by atoms with Gasteiger partial charge in [-0.3, -0.25) is 0 Å². The fourth-order valence-corrected chi connectivity index (χ4v) is 3.07. The summed E-state index contributed by atoms with van der Waals surface area (Å²) in [5.41, 5.74) is 1.73. The van der Waals surface area contributed by atoms with Crippen LogP contribution in [0, 0.1) is 28.5 Å². The molecule has 0 saturated heterocycles. The smallest absolute Gasteiger partial charge is 0.129 e. The average molecular weight is 325 g/mol. The highest BCUT2D eigenvalue weighted by molar-refractivity contribution is 8.00. The monoisotopic (exact) mass is 325 g/mol. The highest BCUT2D eigenvalue weighted by Crippen LogP contribution is 2.31. The molecular formula is C18H16FN3S. The van der Waals surface area contributed by atoms with Crippen LogP contribution in [0.3, 0.4) is 0 Å². The van der Waals surface area contributed by atoms with Gasteiger partial charge in [-0.05, 0) is 24.3 Å². The van der Waals surface area contributed by atoms with Crippen molar-refractivity contribution in [2.75, 3.05) is 5.32 Å². The Balaban J connectivity index is 2.09. The molecule has 0 spiro atoms. The molecule has 2 aromatic carbocycles. The quantitative estimate of drug-likeness (QED) is 0.782. The van der Waals surface area contributed by atoms with E-state index in [-0.39, 0.29) is 11.1 Å². The first kappa shape index (κ1) is 16.9. The van der Waals surface area contributed by atoms with E-state index in [0.29, 0.717) is 24.1 Å². The Bertz CT molecular complexity index is 762. The number of halogens is 1. The molecule has 1 atom stereocenters. The minimum absolute atomic E-state index is 0.189. The van der Waals surface area contributed by atoms with E-state index < -0.39 is 0 Å². The summed E-state index contributed by atoms with van der Waals surface area (Å²) in [6.07, 6.45) is 0.475. The maximum absolute atomic E-state index is 13.9. The molecule has 0 bridgehead atoms. The molecular weight excluding hydrogens is 309 g/mol. The first-order valence-electron chi connectivity index (χ1n) is 7.19. The van der Waals surface area contributed by atoms with E-state index in [4.69, 9.17) is 10.5 Å². The molecule has 0 aliphatic rings. The number of nitriles is 2. The Labute approximate surface area is 139 Å². The summed E-state index contributed by atoms with van der Waals surface area (Å²) >= 11 is 1.62. The SMILES string of the molecule is C[C@H](CC#N)Sc1ccccc1NCc1ccc(C#N)cc1F. The predicted molar refractivity (Wildman–Crippen MR) is 90.4 cm³/mol. The summed E-state index contributed by atoms with van der Waals surface area (Å²) in [5, 5.41) is 21.0. The maximum Gasteiger partial charge on any atom is 0.129 e. The lowest BCUT2D eigenvalue weighted by Crippen LogP contribution is -2.04. The third kappa shape index (κ3) is 4.74. The van der Waals surface area contributed by atoms with Crippen LogP contribution in [0.1, 0.15) is 24.5 Å². The Morgan fingerprint density at radius 2 is 2.00 bits per heavy atom. The van der Waals surface area contributed by atoms with Crippen LogP contribution in [0.15, 0.2) is 47.4 Å². The lowest BCUT2D eigenvalue weighted by atomic mass is 10.1. The summed E-state index contributed by atoms with van der Waals surface area (Å²) < 4.78 is 13.9. The largest absolute Gasteiger partial charge is 0.380 e. The number of nitrogens with one attached hydrogen (secondary N) is 1. The first-order valence-corrected chi connectivity index (χ1v) is 8.07. The van der Waals surface area contributed by atoms with Gasteiger partial charge in [0.25, 0.3) is 0 Å². The molecule has 2 aromatic rings. The van der Waals surface area contributed by atoms with Crippen molar-refractivity contribution in [2.24, 2.45) is 0 Å². The second kappa shape index (κ2) is 8.22. The van der Waals surface area contributed by atoms with Crippen LogP contribution in [0.2, 0.25) is 0 Å². The zero-order chi connectivity index (χ0) is 16.7. The van der Waals surface area contributed by atoms with Crippen molar-refractivity contribution in [3.8, 4) is 12.1 Å². The van der Waals surface area contributed by atoms with Crippen molar-refractivity contribution < 1.29 is 4.39 Å². The van der Waals surface area contributed by atoms with Crippen LogP contribution in [0.5, 0.6) is 0 Å². The van der Waals surface area contributed by atoms with Crippen LogP contribution in [0.25, 0.3) is 0 Å². The van der Waals surface area contributed by atoms with Gasteiger partial charge in [-0.15, -0.1) is 11.8 Å². The van der Waals surface area contributed by atoms with Gasteiger partial charge in [-0.1, -0.05) is 25.1 Å². The summed E-state index contributed by atoms with van der Waals surface area (Å²) in [6.45, 7) is 2.34. The van der Waals surface area contributed by atoms with Crippen molar-refractivity contribution in [3.05, 3.63) is 59.4 Å². The number of hydrogen-bond acceptors (Lipinski definition) is 4. The van der Waals surface area contributed by atoms with Crippen LogP contribution in [-0.2, 0) is 6.54 Å². The summed E-state index contributed by atoms with van der Waals surface area (Å²) in [7, 11) is 0. The molecule has 0 radical (unpaired) electrons. The molecule has 3 nitrogen and oxygen atoms in total. The Morgan fingerprint density at radius 3 is 2.70 bits per heavy atom. The lowest BCUT2D eigenvalue weighted by molar-refractivity contribution is 0.612. The number of rotatable bonds is 6. The molecule has 0 unspecified atom stereocenters. The Hall–Kier alpha value is -2.50. The zero-order valence-corrected chi connectivity index (χ0v) is 13.5. The van der Waals surface area contributed by atoms with Crippen molar-refractivity contribution in [1.82, 2.24) is 0 Å². The molecule has 116 valence electrons. The highest BCUT2D eigenvalue weighted by atomic mass is 32.2. The number of thioether (sulfide) groups is 1. The van der Waals surface area contributed by atoms with E-state index in [0.717, 1.165) is 10.6 Å². The Kier molecular flexibility index (Phi) is 6.02. The summed E-state index contributed by atoms with van der Waals surface area (Å²) in [6, 6.07) is 16.3. The maximum atomic E-state index is 13.9. The standard InChI is InChI=1S/C18H16FN3S/c1-13(8-9-20)23-18-5-3-2-4-17(18)22-12-15-7-6-14(11-21)10-16(15)19/h2-7,10,13,22H,8,12H2,1H3/t13-/m1/s1. The van der Waals surface area contributed by atoms with Crippen LogP contribution < -0.4 is 5.32 Å². The molecule has 2 rings (SSSR count). The molecule has 0 amide bonds. The molecule has 23 heavy (non-hydrogen) atoms. The lowest BCUT2D eigenvalue weighted by Gasteiger charge is -2.14. The van der Waals surface area contributed by atoms with Gasteiger partial charge in [0.05, 0.1) is 17.7 Å². The molecule has 0 aromatic heterocycles. The van der Waals surface area contributed by atoms with Gasteiger partial charge in [-0.25, -0.2) is 4.39 Å². The number of nitrogens with zero attached hydrogens (tertiary/aromatic N) is 2. The number of anilines is 1. The highest BCUT2D eigenvalue weighted by Gasteiger charge is 2.09. The average Bonchev–Trinajstić information content (AvgIpc) is 2.55. The topological polar surface area (TPSA) is 59.6 Å². The van der Waals surface area contributed by atoms with Crippen LogP contribution in [0.4, 0.5) is 10.1 Å². The molecule has 0 fully saturated rings. The predicted octanol–water partition coefficient (Wildman–Crippen LogP) is 4.70. The Morgan fingerprint density at radius 1 is 1.22 bits per heavy atom.